The van der Waals surface area contributed by atoms with Crippen LogP contribution >= 0.6 is 11.8 Å². The van der Waals surface area contributed by atoms with Crippen molar-refractivity contribution in [3.8, 4) is 0 Å². The van der Waals surface area contributed by atoms with Crippen LogP contribution in [0.3, 0.4) is 0 Å². The van der Waals surface area contributed by atoms with E-state index in [0.717, 1.165) is 6.04 Å². The molecule has 0 aromatic heterocycles. The number of hydrogen-bond donors (Lipinski definition) is 0. The molecule has 2 aliphatic rings. The minimum atomic E-state index is 0.902. The molecular formula is C12H24N2S. The van der Waals surface area contributed by atoms with E-state index in [1.54, 1.807) is 0 Å². The third-order valence-electron chi connectivity index (χ3n) is 3.66. The first-order valence-corrected chi connectivity index (χ1v) is 7.59. The van der Waals surface area contributed by atoms with E-state index in [1.807, 2.05) is 0 Å². The highest BCUT2D eigenvalue weighted by Crippen LogP contribution is 2.20. The first-order chi connectivity index (χ1) is 7.40. The van der Waals surface area contributed by atoms with Crippen molar-refractivity contribution in [3.63, 3.8) is 0 Å². The number of rotatable bonds is 3. The van der Waals surface area contributed by atoms with E-state index in [1.165, 1.54) is 63.5 Å². The molecule has 2 saturated heterocycles. The fourth-order valence-corrected chi connectivity index (χ4v) is 3.70. The number of nitrogens with zero attached hydrogens (tertiary/aromatic N) is 2. The second-order valence-corrected chi connectivity index (χ2v) is 5.95. The molecule has 0 atom stereocenters. The van der Waals surface area contributed by atoms with Crippen LogP contribution in [0, 0.1) is 0 Å². The van der Waals surface area contributed by atoms with Crippen LogP contribution in [-0.2, 0) is 0 Å². The zero-order chi connectivity index (χ0) is 10.5. The lowest BCUT2D eigenvalue weighted by Crippen LogP contribution is -2.47. The quantitative estimate of drug-likeness (QED) is 0.728. The third kappa shape index (κ3) is 3.36. The molecule has 0 aromatic carbocycles. The van der Waals surface area contributed by atoms with Crippen molar-refractivity contribution in [1.29, 1.82) is 0 Å². The summed E-state index contributed by atoms with van der Waals surface area (Å²) in [6.07, 6.45) is 4.13. The first kappa shape index (κ1) is 11.7. The molecule has 2 heterocycles. The van der Waals surface area contributed by atoms with Gasteiger partial charge in [-0.2, -0.15) is 11.8 Å². The smallest absolute Gasteiger partial charge is 0.0120 e. The lowest BCUT2D eigenvalue weighted by molar-refractivity contribution is 0.116. The van der Waals surface area contributed by atoms with Gasteiger partial charge in [-0.05, 0) is 38.9 Å². The van der Waals surface area contributed by atoms with E-state index in [9.17, 15) is 0 Å². The number of piperidine rings is 1. The van der Waals surface area contributed by atoms with Gasteiger partial charge in [0, 0.05) is 30.6 Å². The minimum Gasteiger partial charge on any atom is -0.303 e. The summed E-state index contributed by atoms with van der Waals surface area (Å²) in [5, 5.41) is 0. The molecule has 3 heteroatoms. The van der Waals surface area contributed by atoms with Gasteiger partial charge in [-0.15, -0.1) is 0 Å². The number of hydrogen-bond acceptors (Lipinski definition) is 3. The van der Waals surface area contributed by atoms with E-state index in [2.05, 4.69) is 28.5 Å². The monoisotopic (exact) mass is 228 g/mol. The van der Waals surface area contributed by atoms with Gasteiger partial charge in [-0.1, -0.05) is 6.92 Å². The standard InChI is InChI=1S/C12H24N2S/c1-2-5-13-6-3-12(4-7-13)14-8-10-15-11-9-14/h12H,2-11H2,1H3. The van der Waals surface area contributed by atoms with Crippen LogP contribution in [0.4, 0.5) is 0 Å². The Kier molecular flexibility index (Phi) is 4.79. The summed E-state index contributed by atoms with van der Waals surface area (Å²) in [7, 11) is 0. The maximum atomic E-state index is 2.74. The molecule has 0 saturated carbocycles. The van der Waals surface area contributed by atoms with E-state index < -0.39 is 0 Å². The Morgan fingerprint density at radius 3 is 2.33 bits per heavy atom. The van der Waals surface area contributed by atoms with Gasteiger partial charge in [-0.3, -0.25) is 4.90 Å². The van der Waals surface area contributed by atoms with Gasteiger partial charge in [-0.25, -0.2) is 0 Å². The van der Waals surface area contributed by atoms with Crippen LogP contribution in [0.15, 0.2) is 0 Å². The van der Waals surface area contributed by atoms with Crippen molar-refractivity contribution in [2.45, 2.75) is 32.2 Å². The highest BCUT2D eigenvalue weighted by molar-refractivity contribution is 7.99. The van der Waals surface area contributed by atoms with Gasteiger partial charge in [0.15, 0.2) is 0 Å². The van der Waals surface area contributed by atoms with E-state index in [-0.39, 0.29) is 0 Å². The van der Waals surface area contributed by atoms with E-state index >= 15 is 0 Å². The van der Waals surface area contributed by atoms with Gasteiger partial charge >= 0.3 is 0 Å². The lowest BCUT2D eigenvalue weighted by Gasteiger charge is -2.40. The Labute approximate surface area is 98.4 Å². The molecule has 0 amide bonds. The molecule has 0 aliphatic carbocycles. The number of likely N-dealkylation sites (tertiary alicyclic amines) is 1. The van der Waals surface area contributed by atoms with Crippen molar-refractivity contribution in [2.24, 2.45) is 0 Å². The van der Waals surface area contributed by atoms with Gasteiger partial charge in [0.05, 0.1) is 0 Å². The van der Waals surface area contributed by atoms with Crippen LogP contribution < -0.4 is 0 Å². The highest BCUT2D eigenvalue weighted by atomic mass is 32.2. The molecule has 2 aliphatic heterocycles. The van der Waals surface area contributed by atoms with Gasteiger partial charge in [0.1, 0.15) is 0 Å². The number of thioether (sulfide) groups is 1. The predicted octanol–water partition coefficient (Wildman–Crippen LogP) is 1.91. The summed E-state index contributed by atoms with van der Waals surface area (Å²) in [4.78, 5) is 5.37. The van der Waals surface area contributed by atoms with Crippen molar-refractivity contribution in [1.82, 2.24) is 9.80 Å². The molecule has 2 rings (SSSR count). The third-order valence-corrected chi connectivity index (χ3v) is 4.60. The summed E-state index contributed by atoms with van der Waals surface area (Å²) >= 11 is 2.12. The second kappa shape index (κ2) is 6.12. The molecule has 0 spiro atoms. The average Bonchev–Trinajstić information content (AvgIpc) is 2.32. The maximum Gasteiger partial charge on any atom is 0.0120 e. The Hall–Kier alpha value is 0.270. The second-order valence-electron chi connectivity index (χ2n) is 4.72. The van der Waals surface area contributed by atoms with Gasteiger partial charge in [0.25, 0.3) is 0 Å². The van der Waals surface area contributed by atoms with Crippen LogP contribution in [0.25, 0.3) is 0 Å². The lowest BCUT2D eigenvalue weighted by atomic mass is 10.0. The maximum absolute atomic E-state index is 2.74. The summed E-state index contributed by atoms with van der Waals surface area (Å²) in [5.74, 6) is 2.71. The topological polar surface area (TPSA) is 6.48 Å². The summed E-state index contributed by atoms with van der Waals surface area (Å²) in [6, 6.07) is 0.902. The minimum absolute atomic E-state index is 0.902. The normalized spacial score (nSPS) is 27.0. The molecule has 2 nitrogen and oxygen atoms in total. The molecular weight excluding hydrogens is 204 g/mol. The highest BCUT2D eigenvalue weighted by Gasteiger charge is 2.24. The van der Waals surface area contributed by atoms with Crippen molar-refractivity contribution >= 4 is 11.8 Å². The van der Waals surface area contributed by atoms with Crippen LogP contribution in [0.5, 0.6) is 0 Å². The van der Waals surface area contributed by atoms with Crippen LogP contribution in [0.1, 0.15) is 26.2 Å². The predicted molar refractivity (Wildman–Crippen MR) is 68.7 cm³/mol. The summed E-state index contributed by atoms with van der Waals surface area (Å²) in [5.41, 5.74) is 0. The molecule has 2 fully saturated rings. The zero-order valence-electron chi connectivity index (χ0n) is 9.95. The van der Waals surface area contributed by atoms with Crippen molar-refractivity contribution in [2.75, 3.05) is 44.2 Å². The fraction of sp³-hybridized carbons (Fsp3) is 1.00. The molecule has 0 aromatic rings. The molecule has 88 valence electrons. The van der Waals surface area contributed by atoms with E-state index in [0.29, 0.717) is 0 Å². The Bertz CT molecular complexity index is 172. The molecule has 0 N–H and O–H groups in total. The Balaban J connectivity index is 1.72. The Morgan fingerprint density at radius 1 is 1.07 bits per heavy atom. The first-order valence-electron chi connectivity index (χ1n) is 6.44. The largest absolute Gasteiger partial charge is 0.303 e. The van der Waals surface area contributed by atoms with Gasteiger partial charge in [0.2, 0.25) is 0 Å². The molecule has 0 unspecified atom stereocenters. The summed E-state index contributed by atoms with van der Waals surface area (Å²) in [6.45, 7) is 8.94. The van der Waals surface area contributed by atoms with Crippen molar-refractivity contribution in [3.05, 3.63) is 0 Å². The van der Waals surface area contributed by atoms with Gasteiger partial charge < -0.3 is 4.90 Å². The molecule has 0 radical (unpaired) electrons. The van der Waals surface area contributed by atoms with Crippen LogP contribution in [-0.4, -0.2) is 60.1 Å². The fourth-order valence-electron chi connectivity index (χ4n) is 2.77. The van der Waals surface area contributed by atoms with Crippen LogP contribution in [0.2, 0.25) is 0 Å². The molecule has 0 bridgehead atoms. The summed E-state index contributed by atoms with van der Waals surface area (Å²) < 4.78 is 0. The average molecular weight is 228 g/mol. The van der Waals surface area contributed by atoms with Crippen molar-refractivity contribution < 1.29 is 0 Å². The van der Waals surface area contributed by atoms with E-state index in [4.69, 9.17) is 0 Å². The zero-order valence-corrected chi connectivity index (χ0v) is 10.8. The Morgan fingerprint density at radius 2 is 1.73 bits per heavy atom. The molecule has 15 heavy (non-hydrogen) atoms. The SMILES string of the molecule is CCCN1CCC(N2CCSCC2)CC1.